The van der Waals surface area contributed by atoms with Gasteiger partial charge in [0.25, 0.3) is 5.56 Å². The quantitative estimate of drug-likeness (QED) is 0.443. The molecule has 2 heterocycles. The minimum Gasteiger partial charge on any atom is -0.392 e. The fraction of sp³-hybridized carbons (Fsp3) is 0.500. The summed E-state index contributed by atoms with van der Waals surface area (Å²) in [7, 11) is 0. The van der Waals surface area contributed by atoms with E-state index in [1.165, 1.54) is 13.1 Å². The molecule has 1 aromatic heterocycles. The molecule has 1 aromatic rings. The first kappa shape index (κ1) is 14.5. The molecule has 0 amide bonds. The lowest BCUT2D eigenvalue weighted by Gasteiger charge is -2.23. The zero-order valence-electron chi connectivity index (χ0n) is 10.6. The van der Waals surface area contributed by atoms with E-state index >= 15 is 0 Å². The summed E-state index contributed by atoms with van der Waals surface area (Å²) in [6.45, 7) is 0.738. The van der Waals surface area contributed by atoms with Crippen LogP contribution in [0.2, 0.25) is 0 Å². The Morgan fingerprint density at radius 2 is 2.20 bits per heavy atom. The van der Waals surface area contributed by atoms with Gasteiger partial charge in [-0.05, 0) is 6.92 Å². The van der Waals surface area contributed by atoms with Crippen molar-refractivity contribution in [3.05, 3.63) is 32.6 Å². The van der Waals surface area contributed by atoms with Gasteiger partial charge in [-0.15, -0.1) is 6.42 Å². The number of aryl methyl sites for hydroxylation is 1. The predicted molar refractivity (Wildman–Crippen MR) is 66.8 cm³/mol. The maximum absolute atomic E-state index is 11.7. The van der Waals surface area contributed by atoms with Crippen LogP contribution >= 0.6 is 0 Å². The van der Waals surface area contributed by atoms with Crippen LogP contribution in [0.3, 0.4) is 0 Å². The molecule has 0 spiro atoms. The summed E-state index contributed by atoms with van der Waals surface area (Å²) in [6, 6.07) is 0. The number of H-pyrrole nitrogens is 1. The molecule has 4 N–H and O–H groups in total. The summed E-state index contributed by atoms with van der Waals surface area (Å²) >= 11 is 0. The third-order valence-electron chi connectivity index (χ3n) is 3.32. The third kappa shape index (κ3) is 1.97. The van der Waals surface area contributed by atoms with Crippen molar-refractivity contribution >= 4 is 0 Å². The average molecular weight is 282 g/mol. The summed E-state index contributed by atoms with van der Waals surface area (Å²) in [5.74, 6) is 2.08. The fourth-order valence-corrected chi connectivity index (χ4v) is 2.08. The lowest BCUT2D eigenvalue weighted by atomic mass is 9.97. The molecular formula is C12H14N2O6. The molecule has 0 radical (unpaired) electrons. The van der Waals surface area contributed by atoms with Gasteiger partial charge in [0.15, 0.2) is 11.8 Å². The Balaban J connectivity index is 2.51. The molecule has 0 aliphatic carbocycles. The standard InChI is InChI=1S/C12H14N2O6/c1-3-12(5-15)8(17)7(16)10(20-12)14-4-6(2)9(18)13-11(14)19/h1,4,7-8,10,15-17H,5H2,2H3,(H,13,18,19). The van der Waals surface area contributed by atoms with Crippen LogP contribution in [0.25, 0.3) is 0 Å². The Labute approximate surface area is 113 Å². The number of aliphatic hydroxyl groups excluding tert-OH is 3. The Morgan fingerprint density at radius 1 is 1.55 bits per heavy atom. The molecule has 108 valence electrons. The highest BCUT2D eigenvalue weighted by molar-refractivity contribution is 5.18. The number of aromatic amines is 1. The minimum absolute atomic E-state index is 0.220. The minimum atomic E-state index is -1.80. The van der Waals surface area contributed by atoms with Crippen LogP contribution in [0.15, 0.2) is 15.8 Å². The van der Waals surface area contributed by atoms with E-state index in [2.05, 4.69) is 5.92 Å². The molecule has 8 nitrogen and oxygen atoms in total. The van der Waals surface area contributed by atoms with E-state index < -0.39 is 41.9 Å². The number of aromatic nitrogens is 2. The van der Waals surface area contributed by atoms with E-state index in [4.69, 9.17) is 11.2 Å². The molecule has 1 aliphatic rings. The summed E-state index contributed by atoms with van der Waals surface area (Å²) in [4.78, 5) is 25.1. The number of rotatable bonds is 2. The van der Waals surface area contributed by atoms with Crippen molar-refractivity contribution in [3.8, 4) is 12.3 Å². The Kier molecular flexibility index (Phi) is 3.54. The number of hydrogen-bond acceptors (Lipinski definition) is 6. The molecule has 20 heavy (non-hydrogen) atoms. The van der Waals surface area contributed by atoms with Crippen molar-refractivity contribution in [1.29, 1.82) is 0 Å². The van der Waals surface area contributed by atoms with E-state index in [-0.39, 0.29) is 5.56 Å². The van der Waals surface area contributed by atoms with E-state index in [0.717, 1.165) is 4.57 Å². The molecule has 4 unspecified atom stereocenters. The maximum atomic E-state index is 11.7. The summed E-state index contributed by atoms with van der Waals surface area (Å²) in [6.07, 6.45) is 2.00. The SMILES string of the molecule is C#CC1(CO)OC(n2cc(C)c(=O)[nH]c2=O)C(O)C1O. The van der Waals surface area contributed by atoms with Gasteiger partial charge < -0.3 is 20.1 Å². The normalized spacial score (nSPS) is 33.0. The molecular weight excluding hydrogens is 268 g/mol. The molecule has 2 rings (SSSR count). The second-order valence-corrected chi connectivity index (χ2v) is 4.61. The molecule has 1 saturated heterocycles. The van der Waals surface area contributed by atoms with Crippen molar-refractivity contribution in [2.75, 3.05) is 6.61 Å². The van der Waals surface area contributed by atoms with E-state index in [1.807, 2.05) is 4.98 Å². The number of nitrogens with zero attached hydrogens (tertiary/aromatic N) is 1. The van der Waals surface area contributed by atoms with Crippen molar-refractivity contribution < 1.29 is 20.1 Å². The topological polar surface area (TPSA) is 125 Å². The molecule has 0 bridgehead atoms. The van der Waals surface area contributed by atoms with Gasteiger partial charge in [-0.2, -0.15) is 0 Å². The number of ether oxygens (including phenoxy) is 1. The summed E-state index contributed by atoms with van der Waals surface area (Å²) in [5, 5.41) is 29.1. The Bertz CT molecular complexity index is 672. The van der Waals surface area contributed by atoms with E-state index in [0.29, 0.717) is 0 Å². The van der Waals surface area contributed by atoms with Gasteiger partial charge in [0.1, 0.15) is 12.2 Å². The van der Waals surface area contributed by atoms with Crippen molar-refractivity contribution in [1.82, 2.24) is 9.55 Å². The first-order valence-corrected chi connectivity index (χ1v) is 5.81. The van der Waals surface area contributed by atoms with E-state index in [9.17, 15) is 24.9 Å². The smallest absolute Gasteiger partial charge is 0.330 e. The van der Waals surface area contributed by atoms with Crippen LogP contribution < -0.4 is 11.2 Å². The maximum Gasteiger partial charge on any atom is 0.330 e. The summed E-state index contributed by atoms with van der Waals surface area (Å²) < 4.78 is 6.20. The zero-order valence-corrected chi connectivity index (χ0v) is 10.6. The molecule has 0 aromatic carbocycles. The zero-order chi connectivity index (χ0) is 15.1. The van der Waals surface area contributed by atoms with Gasteiger partial charge in [-0.25, -0.2) is 4.79 Å². The van der Waals surface area contributed by atoms with Crippen molar-refractivity contribution in [2.24, 2.45) is 0 Å². The van der Waals surface area contributed by atoms with Gasteiger partial charge in [-0.3, -0.25) is 14.3 Å². The van der Waals surface area contributed by atoms with Gasteiger partial charge >= 0.3 is 5.69 Å². The lowest BCUT2D eigenvalue weighted by molar-refractivity contribution is -0.0937. The van der Waals surface area contributed by atoms with Crippen LogP contribution in [0, 0.1) is 19.3 Å². The molecule has 4 atom stereocenters. The van der Waals surface area contributed by atoms with E-state index in [1.54, 1.807) is 0 Å². The average Bonchev–Trinajstić information content (AvgIpc) is 2.68. The molecule has 1 fully saturated rings. The first-order chi connectivity index (χ1) is 9.36. The highest BCUT2D eigenvalue weighted by Gasteiger charge is 2.54. The molecule has 0 saturated carbocycles. The van der Waals surface area contributed by atoms with Crippen LogP contribution in [0.4, 0.5) is 0 Å². The Hall–Kier alpha value is -1.92. The van der Waals surface area contributed by atoms with Crippen LogP contribution in [-0.4, -0.2) is 49.3 Å². The van der Waals surface area contributed by atoms with Crippen LogP contribution in [0.5, 0.6) is 0 Å². The van der Waals surface area contributed by atoms with Crippen molar-refractivity contribution in [3.63, 3.8) is 0 Å². The second kappa shape index (κ2) is 4.88. The largest absolute Gasteiger partial charge is 0.392 e. The Morgan fingerprint density at radius 3 is 2.70 bits per heavy atom. The van der Waals surface area contributed by atoms with Crippen LogP contribution in [-0.2, 0) is 4.74 Å². The van der Waals surface area contributed by atoms with Crippen LogP contribution in [0.1, 0.15) is 11.8 Å². The van der Waals surface area contributed by atoms with Gasteiger partial charge in [0, 0.05) is 11.8 Å². The van der Waals surface area contributed by atoms with Gasteiger partial charge in [-0.1, -0.05) is 5.92 Å². The fourth-order valence-electron chi connectivity index (χ4n) is 2.08. The third-order valence-corrected chi connectivity index (χ3v) is 3.32. The number of aliphatic hydroxyl groups is 3. The monoisotopic (exact) mass is 282 g/mol. The number of terminal acetylenes is 1. The predicted octanol–water partition coefficient (Wildman–Crippen LogP) is -2.54. The highest BCUT2D eigenvalue weighted by atomic mass is 16.6. The summed E-state index contributed by atoms with van der Waals surface area (Å²) in [5.41, 5.74) is -2.96. The lowest BCUT2D eigenvalue weighted by Crippen LogP contribution is -2.45. The molecule has 8 heteroatoms. The molecule has 1 aliphatic heterocycles. The number of nitrogens with one attached hydrogen (secondary N) is 1. The van der Waals surface area contributed by atoms with Crippen molar-refractivity contribution in [2.45, 2.75) is 31.0 Å². The second-order valence-electron chi connectivity index (χ2n) is 4.61. The van der Waals surface area contributed by atoms with Gasteiger partial charge in [0.05, 0.1) is 6.61 Å². The first-order valence-electron chi connectivity index (χ1n) is 5.81. The van der Waals surface area contributed by atoms with Gasteiger partial charge in [0.2, 0.25) is 0 Å². The number of hydrogen-bond donors (Lipinski definition) is 4. The highest BCUT2D eigenvalue weighted by Crippen LogP contribution is 2.35.